The van der Waals surface area contributed by atoms with Crippen LogP contribution in [-0.4, -0.2) is 88.5 Å². The number of rotatable bonds is 8. The van der Waals surface area contributed by atoms with Crippen LogP contribution >= 0.6 is 0 Å². The number of aliphatic hydroxyl groups is 1. The minimum atomic E-state index is -4.13. The Balaban J connectivity index is 1.37. The van der Waals surface area contributed by atoms with Crippen LogP contribution in [0.1, 0.15) is 31.2 Å². The van der Waals surface area contributed by atoms with Gasteiger partial charge in [-0.25, -0.2) is 13.2 Å². The van der Waals surface area contributed by atoms with Gasteiger partial charge in [0.25, 0.3) is 0 Å². The largest absolute Gasteiger partial charge is 0.497 e. The Hall–Kier alpha value is -3.16. The number of β-amino-alcohol motifs (C(OH)–C–C–N with tert-alkyl or cyclic N) is 1. The maximum atomic E-state index is 14.0. The SMILES string of the molecule is COc1ccc2c(c1)OCCCC/C=C\CN(C[C@@H](O)[C@H](Cc1ccccc1)NC(=O)O[C@H]1CO[C@H]3OCC[C@H]31)S2(=O)=O. The number of sulfonamides is 1. The molecule has 1 amide bonds. The minimum absolute atomic E-state index is 0.0176. The number of hydrogen-bond donors (Lipinski definition) is 2. The van der Waals surface area contributed by atoms with Gasteiger partial charge in [-0.2, -0.15) is 4.31 Å². The number of aliphatic hydroxyl groups excluding tert-OH is 1. The van der Waals surface area contributed by atoms with Crippen molar-refractivity contribution >= 4 is 16.1 Å². The molecule has 2 fully saturated rings. The number of amides is 1. The van der Waals surface area contributed by atoms with Crippen molar-refractivity contribution in [3.8, 4) is 11.5 Å². The van der Waals surface area contributed by atoms with Crippen molar-refractivity contribution in [2.45, 2.75) is 61.5 Å². The first kappa shape index (κ1) is 31.3. The smallest absolute Gasteiger partial charge is 0.407 e. The molecule has 11 nitrogen and oxygen atoms in total. The van der Waals surface area contributed by atoms with E-state index < -0.39 is 34.4 Å². The fraction of sp³-hybridized carbons (Fsp3) is 0.516. The van der Waals surface area contributed by atoms with Crippen LogP contribution in [0.15, 0.2) is 65.6 Å². The van der Waals surface area contributed by atoms with Crippen LogP contribution in [0.3, 0.4) is 0 Å². The van der Waals surface area contributed by atoms with Crippen LogP contribution in [0.4, 0.5) is 4.79 Å². The number of nitrogens with one attached hydrogen (secondary N) is 1. The Morgan fingerprint density at radius 3 is 2.77 bits per heavy atom. The average molecular weight is 617 g/mol. The molecule has 2 N–H and O–H groups in total. The summed E-state index contributed by atoms with van der Waals surface area (Å²) in [7, 11) is -2.62. The van der Waals surface area contributed by atoms with E-state index in [2.05, 4.69) is 5.32 Å². The zero-order chi connectivity index (χ0) is 30.2. The van der Waals surface area contributed by atoms with E-state index in [1.54, 1.807) is 18.2 Å². The number of methoxy groups -OCH3 is 1. The molecule has 2 saturated heterocycles. The van der Waals surface area contributed by atoms with Gasteiger partial charge in [-0.05, 0) is 49.8 Å². The molecule has 5 atom stereocenters. The Morgan fingerprint density at radius 1 is 1.12 bits per heavy atom. The fourth-order valence-electron chi connectivity index (χ4n) is 5.57. The number of hydrogen-bond acceptors (Lipinski definition) is 9. The molecule has 0 saturated carbocycles. The third kappa shape index (κ3) is 7.87. The summed E-state index contributed by atoms with van der Waals surface area (Å²) < 4.78 is 57.3. The zero-order valence-electron chi connectivity index (χ0n) is 24.3. The number of carbonyl (C=O) groups excluding carboxylic acids is 1. The van der Waals surface area contributed by atoms with Crippen LogP contribution in [-0.2, 0) is 30.7 Å². The summed E-state index contributed by atoms with van der Waals surface area (Å²) >= 11 is 0. The van der Waals surface area contributed by atoms with Crippen molar-refractivity contribution in [2.75, 3.05) is 40.0 Å². The van der Waals surface area contributed by atoms with Gasteiger partial charge < -0.3 is 34.1 Å². The predicted octanol–water partition coefficient (Wildman–Crippen LogP) is 3.26. The first-order chi connectivity index (χ1) is 20.8. The molecular weight excluding hydrogens is 576 g/mol. The maximum Gasteiger partial charge on any atom is 0.407 e. The van der Waals surface area contributed by atoms with Crippen molar-refractivity contribution in [1.82, 2.24) is 9.62 Å². The minimum Gasteiger partial charge on any atom is -0.497 e. The van der Waals surface area contributed by atoms with Crippen molar-refractivity contribution in [3.05, 3.63) is 66.2 Å². The number of benzene rings is 2. The second-order valence-corrected chi connectivity index (χ2v) is 12.8. The van der Waals surface area contributed by atoms with Gasteiger partial charge in [0.05, 0.1) is 45.0 Å². The molecule has 0 radical (unpaired) electrons. The van der Waals surface area contributed by atoms with Gasteiger partial charge >= 0.3 is 6.09 Å². The second-order valence-electron chi connectivity index (χ2n) is 10.9. The molecule has 2 aromatic rings. The zero-order valence-corrected chi connectivity index (χ0v) is 25.1. The van der Waals surface area contributed by atoms with E-state index in [0.717, 1.165) is 31.2 Å². The molecule has 0 aromatic heterocycles. The summed E-state index contributed by atoms with van der Waals surface area (Å²) in [6.45, 7) is 0.902. The van der Waals surface area contributed by atoms with E-state index >= 15 is 0 Å². The van der Waals surface area contributed by atoms with Gasteiger partial charge in [0.2, 0.25) is 10.0 Å². The summed E-state index contributed by atoms with van der Waals surface area (Å²) in [6.07, 6.45) is 4.34. The number of fused-ring (bicyclic) bond motifs is 2. The molecular formula is C31H40N2O9S. The van der Waals surface area contributed by atoms with E-state index in [0.29, 0.717) is 19.0 Å². The van der Waals surface area contributed by atoms with Crippen molar-refractivity contribution < 1.29 is 42.0 Å². The van der Waals surface area contributed by atoms with E-state index in [1.165, 1.54) is 17.5 Å². The molecule has 0 spiro atoms. The Labute approximate surface area is 252 Å². The highest BCUT2D eigenvalue weighted by Crippen LogP contribution is 2.34. The van der Waals surface area contributed by atoms with E-state index in [9.17, 15) is 18.3 Å². The number of carbonyl (C=O) groups is 1. The summed E-state index contributed by atoms with van der Waals surface area (Å²) in [5.41, 5.74) is 0.864. The molecule has 2 aromatic carbocycles. The lowest BCUT2D eigenvalue weighted by atomic mass is 10.0. The molecule has 3 heterocycles. The van der Waals surface area contributed by atoms with E-state index in [1.807, 2.05) is 36.4 Å². The highest BCUT2D eigenvalue weighted by molar-refractivity contribution is 7.89. The van der Waals surface area contributed by atoms with Crippen molar-refractivity contribution in [3.63, 3.8) is 0 Å². The lowest BCUT2D eigenvalue weighted by Gasteiger charge is -2.30. The lowest BCUT2D eigenvalue weighted by Crippen LogP contribution is -2.51. The van der Waals surface area contributed by atoms with Crippen LogP contribution in [0.5, 0.6) is 11.5 Å². The van der Waals surface area contributed by atoms with Crippen LogP contribution < -0.4 is 14.8 Å². The van der Waals surface area contributed by atoms with Gasteiger partial charge in [0.1, 0.15) is 22.5 Å². The summed E-state index contributed by atoms with van der Waals surface area (Å²) in [6, 6.07) is 13.1. The molecule has 0 aliphatic carbocycles. The monoisotopic (exact) mass is 616 g/mol. The Kier molecular flexibility index (Phi) is 10.6. The molecule has 12 heteroatoms. The second kappa shape index (κ2) is 14.5. The Bertz CT molecular complexity index is 1350. The van der Waals surface area contributed by atoms with Crippen molar-refractivity contribution in [1.29, 1.82) is 0 Å². The summed E-state index contributed by atoms with van der Waals surface area (Å²) in [5.74, 6) is 0.628. The quantitative estimate of drug-likeness (QED) is 0.429. The standard InChI is InChI=1S/C31H40N2O9S/c1-38-23-12-13-29-27(19-23)39-16-9-4-2-3-8-15-33(43(29,36)37)20-26(34)25(18-22-10-6-5-7-11-22)32-31(35)42-28-21-41-30-24(28)14-17-40-30/h3,5-8,10-13,19,24-26,28,30,34H,2,4,9,14-18,20-21H2,1H3,(H,32,35)/b8-3-/t24-,25-,26+,28-,30+/m0/s1. The molecule has 0 bridgehead atoms. The normalized spacial score (nSPS) is 26.0. The third-order valence-electron chi connectivity index (χ3n) is 7.97. The predicted molar refractivity (Wildman–Crippen MR) is 157 cm³/mol. The maximum absolute atomic E-state index is 14.0. The Morgan fingerprint density at radius 2 is 1.95 bits per heavy atom. The highest BCUT2D eigenvalue weighted by atomic mass is 32.2. The van der Waals surface area contributed by atoms with Crippen LogP contribution in [0, 0.1) is 5.92 Å². The molecule has 234 valence electrons. The average Bonchev–Trinajstić information content (AvgIpc) is 3.62. The topological polar surface area (TPSA) is 133 Å². The molecule has 3 aliphatic heterocycles. The van der Waals surface area contributed by atoms with Gasteiger partial charge in [0, 0.05) is 19.2 Å². The van der Waals surface area contributed by atoms with Gasteiger partial charge in [-0.3, -0.25) is 0 Å². The van der Waals surface area contributed by atoms with E-state index in [-0.39, 0.29) is 49.0 Å². The number of ether oxygens (including phenoxy) is 5. The third-order valence-corrected chi connectivity index (χ3v) is 9.84. The first-order valence-corrected chi connectivity index (χ1v) is 16.2. The molecule has 43 heavy (non-hydrogen) atoms. The van der Waals surface area contributed by atoms with Crippen molar-refractivity contribution in [2.24, 2.45) is 5.92 Å². The number of alkyl carbamates (subject to hydrolysis) is 1. The van der Waals surface area contributed by atoms with Crippen LogP contribution in [0.2, 0.25) is 0 Å². The summed E-state index contributed by atoms with van der Waals surface area (Å²) in [4.78, 5) is 13.1. The van der Waals surface area contributed by atoms with Gasteiger partial charge in [-0.15, -0.1) is 0 Å². The summed E-state index contributed by atoms with van der Waals surface area (Å²) in [5, 5.41) is 14.3. The lowest BCUT2D eigenvalue weighted by molar-refractivity contribution is -0.0907. The molecule has 3 aliphatic rings. The first-order valence-electron chi connectivity index (χ1n) is 14.7. The molecule has 0 unspecified atom stereocenters. The highest BCUT2D eigenvalue weighted by Gasteiger charge is 2.44. The number of allylic oxidation sites excluding steroid dienone is 1. The molecule has 5 rings (SSSR count). The van der Waals surface area contributed by atoms with Gasteiger partial charge in [-0.1, -0.05) is 42.5 Å². The fourth-order valence-corrected chi connectivity index (χ4v) is 7.09. The van der Waals surface area contributed by atoms with Crippen LogP contribution in [0.25, 0.3) is 0 Å². The number of nitrogens with zero attached hydrogens (tertiary/aromatic N) is 1. The van der Waals surface area contributed by atoms with E-state index in [4.69, 9.17) is 23.7 Å². The van der Waals surface area contributed by atoms with Gasteiger partial charge in [0.15, 0.2) is 6.29 Å².